The van der Waals surface area contributed by atoms with E-state index in [1.54, 1.807) is 0 Å². The fourth-order valence-electron chi connectivity index (χ4n) is 2.76. The van der Waals surface area contributed by atoms with Crippen LogP contribution in [0.3, 0.4) is 0 Å². The first-order valence-corrected chi connectivity index (χ1v) is 8.12. The molecule has 1 aliphatic rings. The van der Waals surface area contributed by atoms with Crippen LogP contribution in [0.2, 0.25) is 0 Å². The molecule has 0 aromatic carbocycles. The van der Waals surface area contributed by atoms with Crippen LogP contribution in [0.5, 0.6) is 0 Å². The van der Waals surface area contributed by atoms with Gasteiger partial charge in [0.2, 0.25) is 5.91 Å². The third-order valence-corrected chi connectivity index (χ3v) is 4.08. The van der Waals surface area contributed by atoms with Gasteiger partial charge >= 0.3 is 0 Å². The van der Waals surface area contributed by atoms with Gasteiger partial charge in [0, 0.05) is 11.5 Å². The molecule has 1 saturated carbocycles. The Morgan fingerprint density at radius 3 is 2.38 bits per heavy atom. The maximum Gasteiger partial charge on any atom is 0.227 e. The summed E-state index contributed by atoms with van der Waals surface area (Å²) in [6.07, 6.45) is 7.54. The largest absolute Gasteiger partial charge is 0.444 e. The maximum absolute atomic E-state index is 12.2. The lowest BCUT2D eigenvalue weighted by Gasteiger charge is -2.15. The van der Waals surface area contributed by atoms with Gasteiger partial charge in [-0.1, -0.05) is 46.5 Å². The average Bonchev–Trinajstić information content (AvgIpc) is 2.61. The molecule has 1 aliphatic carbocycles. The van der Waals surface area contributed by atoms with Gasteiger partial charge in [0.25, 0.3) is 0 Å². The van der Waals surface area contributed by atoms with Crippen molar-refractivity contribution in [2.24, 2.45) is 0 Å². The van der Waals surface area contributed by atoms with E-state index in [0.29, 0.717) is 24.1 Å². The zero-order chi connectivity index (χ0) is 15.5. The second-order valence-corrected chi connectivity index (χ2v) is 7.21. The van der Waals surface area contributed by atoms with Gasteiger partial charge in [0.15, 0.2) is 5.89 Å². The molecule has 1 aromatic heterocycles. The fraction of sp³-hybridized carbons (Fsp3) is 0.765. The van der Waals surface area contributed by atoms with Gasteiger partial charge in [0.05, 0.1) is 12.1 Å². The van der Waals surface area contributed by atoms with Crippen LogP contribution in [0.4, 0.5) is 0 Å². The van der Waals surface area contributed by atoms with Crippen molar-refractivity contribution in [3.8, 4) is 0 Å². The minimum absolute atomic E-state index is 0.0570. The lowest BCUT2D eigenvalue weighted by molar-refractivity contribution is -0.121. The van der Waals surface area contributed by atoms with Crippen molar-refractivity contribution in [2.45, 2.75) is 84.1 Å². The predicted molar refractivity (Wildman–Crippen MR) is 83.3 cm³/mol. The summed E-state index contributed by atoms with van der Waals surface area (Å²) in [5, 5.41) is 3.16. The van der Waals surface area contributed by atoms with E-state index < -0.39 is 0 Å². The van der Waals surface area contributed by atoms with E-state index >= 15 is 0 Å². The van der Waals surface area contributed by atoms with E-state index in [0.717, 1.165) is 18.5 Å². The van der Waals surface area contributed by atoms with Crippen molar-refractivity contribution in [1.82, 2.24) is 10.3 Å². The number of nitrogens with one attached hydrogen (secondary N) is 1. The highest BCUT2D eigenvalue weighted by Crippen LogP contribution is 2.24. The van der Waals surface area contributed by atoms with Gasteiger partial charge in [-0.25, -0.2) is 4.98 Å². The quantitative estimate of drug-likeness (QED) is 0.865. The molecule has 1 amide bonds. The zero-order valence-corrected chi connectivity index (χ0v) is 13.8. The molecular formula is C17H28N2O2. The van der Waals surface area contributed by atoms with Crippen LogP contribution in [0.25, 0.3) is 0 Å². The first-order valence-electron chi connectivity index (χ1n) is 8.12. The molecular weight excluding hydrogens is 264 g/mol. The van der Waals surface area contributed by atoms with Crippen LogP contribution in [-0.4, -0.2) is 16.9 Å². The van der Waals surface area contributed by atoms with E-state index in [1.807, 2.05) is 6.92 Å². The molecule has 0 bridgehead atoms. The summed E-state index contributed by atoms with van der Waals surface area (Å²) in [6, 6.07) is 0.338. The highest BCUT2D eigenvalue weighted by atomic mass is 16.4. The molecule has 2 rings (SSSR count). The second-order valence-electron chi connectivity index (χ2n) is 7.21. The van der Waals surface area contributed by atoms with Crippen LogP contribution >= 0.6 is 0 Å². The van der Waals surface area contributed by atoms with Crippen molar-refractivity contribution in [2.75, 3.05) is 0 Å². The smallest absolute Gasteiger partial charge is 0.227 e. The Hall–Kier alpha value is -1.32. The van der Waals surface area contributed by atoms with E-state index in [1.165, 1.54) is 25.7 Å². The van der Waals surface area contributed by atoms with Crippen molar-refractivity contribution < 1.29 is 9.21 Å². The van der Waals surface area contributed by atoms with Crippen molar-refractivity contribution in [3.63, 3.8) is 0 Å². The van der Waals surface area contributed by atoms with Crippen LogP contribution in [0, 0.1) is 6.92 Å². The van der Waals surface area contributed by atoms with Crippen LogP contribution in [0.1, 0.15) is 76.6 Å². The molecule has 1 heterocycles. The Labute approximate surface area is 127 Å². The van der Waals surface area contributed by atoms with Crippen LogP contribution in [0.15, 0.2) is 4.42 Å². The SMILES string of the molecule is Cc1nc(C(C)(C)C)oc1CC(=O)NC1CCCCCC1. The molecule has 1 aromatic rings. The monoisotopic (exact) mass is 292 g/mol. The number of carbonyl (C=O) groups excluding carboxylic acids is 1. The summed E-state index contributed by atoms with van der Waals surface area (Å²) in [4.78, 5) is 16.7. The van der Waals surface area contributed by atoms with Crippen LogP contribution in [-0.2, 0) is 16.6 Å². The van der Waals surface area contributed by atoms with Crippen molar-refractivity contribution in [3.05, 3.63) is 17.3 Å². The summed E-state index contributed by atoms with van der Waals surface area (Å²) < 4.78 is 5.79. The minimum Gasteiger partial charge on any atom is -0.444 e. The first-order chi connectivity index (χ1) is 9.86. The van der Waals surface area contributed by atoms with E-state index in [2.05, 4.69) is 31.1 Å². The summed E-state index contributed by atoms with van der Waals surface area (Å²) in [5.74, 6) is 1.46. The number of aryl methyl sites for hydroxylation is 1. The topological polar surface area (TPSA) is 55.1 Å². The minimum atomic E-state index is -0.124. The average molecular weight is 292 g/mol. The number of hydrogen-bond donors (Lipinski definition) is 1. The summed E-state index contributed by atoms with van der Waals surface area (Å²) in [6.45, 7) is 8.10. The Balaban J connectivity index is 1.94. The van der Waals surface area contributed by atoms with E-state index in [-0.39, 0.29) is 11.3 Å². The Bertz CT molecular complexity index is 477. The molecule has 4 nitrogen and oxygen atoms in total. The lowest BCUT2D eigenvalue weighted by Crippen LogP contribution is -2.35. The molecule has 0 radical (unpaired) electrons. The van der Waals surface area contributed by atoms with Gasteiger partial charge in [-0.15, -0.1) is 0 Å². The molecule has 118 valence electrons. The van der Waals surface area contributed by atoms with Gasteiger partial charge < -0.3 is 9.73 Å². The number of oxazole rings is 1. The molecule has 1 fully saturated rings. The fourth-order valence-corrected chi connectivity index (χ4v) is 2.76. The van der Waals surface area contributed by atoms with E-state index in [9.17, 15) is 4.79 Å². The number of amides is 1. The van der Waals surface area contributed by atoms with Gasteiger partial charge in [-0.2, -0.15) is 0 Å². The number of hydrogen-bond acceptors (Lipinski definition) is 3. The maximum atomic E-state index is 12.2. The Morgan fingerprint density at radius 2 is 1.86 bits per heavy atom. The molecule has 0 unspecified atom stereocenters. The zero-order valence-electron chi connectivity index (χ0n) is 13.8. The summed E-state index contributed by atoms with van der Waals surface area (Å²) in [5.41, 5.74) is 0.705. The molecule has 21 heavy (non-hydrogen) atoms. The van der Waals surface area contributed by atoms with Crippen LogP contribution < -0.4 is 5.32 Å². The molecule has 0 aliphatic heterocycles. The second kappa shape index (κ2) is 6.63. The molecule has 1 N–H and O–H groups in total. The normalized spacial score (nSPS) is 17.5. The summed E-state index contributed by atoms with van der Waals surface area (Å²) in [7, 11) is 0. The van der Waals surface area contributed by atoms with E-state index in [4.69, 9.17) is 4.42 Å². The molecule has 0 saturated heterocycles. The number of aromatic nitrogens is 1. The highest BCUT2D eigenvalue weighted by molar-refractivity contribution is 5.78. The third kappa shape index (κ3) is 4.58. The standard InChI is InChI=1S/C17H28N2O2/c1-12-14(21-16(18-12)17(2,3)4)11-15(20)19-13-9-7-5-6-8-10-13/h13H,5-11H2,1-4H3,(H,19,20). The number of carbonyl (C=O) groups is 1. The van der Waals surface area contributed by atoms with Gasteiger partial charge in [0.1, 0.15) is 5.76 Å². The van der Waals surface area contributed by atoms with Crippen molar-refractivity contribution >= 4 is 5.91 Å². The highest BCUT2D eigenvalue weighted by Gasteiger charge is 2.23. The summed E-state index contributed by atoms with van der Waals surface area (Å²) >= 11 is 0. The van der Waals surface area contributed by atoms with Gasteiger partial charge in [-0.3, -0.25) is 4.79 Å². The Morgan fingerprint density at radius 1 is 1.24 bits per heavy atom. The number of rotatable bonds is 3. The molecule has 4 heteroatoms. The molecule has 0 atom stereocenters. The predicted octanol–water partition coefficient (Wildman–Crippen LogP) is 3.66. The first kappa shape index (κ1) is 16.1. The van der Waals surface area contributed by atoms with Gasteiger partial charge in [-0.05, 0) is 19.8 Å². The number of nitrogens with zero attached hydrogens (tertiary/aromatic N) is 1. The third-order valence-electron chi connectivity index (χ3n) is 4.08. The Kier molecular flexibility index (Phi) is 5.07. The lowest BCUT2D eigenvalue weighted by atomic mass is 9.97. The van der Waals surface area contributed by atoms with Crippen molar-refractivity contribution in [1.29, 1.82) is 0 Å². The molecule has 0 spiro atoms.